The van der Waals surface area contributed by atoms with Gasteiger partial charge in [0.2, 0.25) is 0 Å². The van der Waals surface area contributed by atoms with Crippen LogP contribution in [0.1, 0.15) is 19.3 Å². The molecular formula is C9H16O3. The second kappa shape index (κ2) is 3.32. The molecule has 4 atom stereocenters. The number of aliphatic hydroxyl groups excluding tert-OH is 2. The highest BCUT2D eigenvalue weighted by Crippen LogP contribution is 2.43. The van der Waals surface area contributed by atoms with Gasteiger partial charge < -0.3 is 14.9 Å². The Balaban J connectivity index is 2.05. The second-order valence-corrected chi connectivity index (χ2v) is 3.84. The largest absolute Gasteiger partial charge is 0.394 e. The minimum Gasteiger partial charge on any atom is -0.394 e. The molecule has 0 radical (unpaired) electrons. The first-order valence-electron chi connectivity index (χ1n) is 4.74. The van der Waals surface area contributed by atoms with Gasteiger partial charge in [-0.2, -0.15) is 0 Å². The molecule has 1 saturated carbocycles. The molecule has 0 bridgehead atoms. The Morgan fingerprint density at radius 3 is 1.92 bits per heavy atom. The molecule has 0 amide bonds. The Morgan fingerprint density at radius 2 is 1.50 bits per heavy atom. The van der Waals surface area contributed by atoms with Crippen molar-refractivity contribution in [2.75, 3.05) is 13.2 Å². The van der Waals surface area contributed by atoms with Gasteiger partial charge in [0.1, 0.15) is 0 Å². The normalized spacial score (nSPS) is 46.5. The van der Waals surface area contributed by atoms with E-state index >= 15 is 0 Å². The van der Waals surface area contributed by atoms with Crippen LogP contribution in [0.25, 0.3) is 0 Å². The number of fused-ring (bicyclic) bond motifs is 1. The van der Waals surface area contributed by atoms with Crippen LogP contribution in [0.5, 0.6) is 0 Å². The van der Waals surface area contributed by atoms with E-state index in [0.717, 1.165) is 12.8 Å². The van der Waals surface area contributed by atoms with Crippen molar-refractivity contribution in [2.45, 2.75) is 31.5 Å². The van der Waals surface area contributed by atoms with Crippen LogP contribution in [0.2, 0.25) is 0 Å². The highest BCUT2D eigenvalue weighted by molar-refractivity contribution is 4.93. The highest BCUT2D eigenvalue weighted by atomic mass is 16.5. The SMILES string of the molecule is OCC1OC(CO)C2CCCC12. The maximum atomic E-state index is 9.02. The van der Waals surface area contributed by atoms with E-state index < -0.39 is 0 Å². The van der Waals surface area contributed by atoms with Crippen molar-refractivity contribution >= 4 is 0 Å². The van der Waals surface area contributed by atoms with E-state index in [4.69, 9.17) is 14.9 Å². The smallest absolute Gasteiger partial charge is 0.0842 e. The lowest BCUT2D eigenvalue weighted by molar-refractivity contribution is -0.0290. The van der Waals surface area contributed by atoms with Gasteiger partial charge in [0.05, 0.1) is 25.4 Å². The van der Waals surface area contributed by atoms with Crippen LogP contribution < -0.4 is 0 Å². The molecule has 0 spiro atoms. The third-order valence-corrected chi connectivity index (χ3v) is 3.29. The molecule has 12 heavy (non-hydrogen) atoms. The minimum absolute atomic E-state index is 0.00495. The average molecular weight is 172 g/mol. The number of ether oxygens (including phenoxy) is 1. The molecule has 1 heterocycles. The Bertz CT molecular complexity index is 144. The maximum Gasteiger partial charge on any atom is 0.0842 e. The fourth-order valence-electron chi connectivity index (χ4n) is 2.72. The third-order valence-electron chi connectivity index (χ3n) is 3.29. The standard InChI is InChI=1S/C9H16O3/c10-4-8-6-2-1-3-7(6)9(5-11)12-8/h6-11H,1-5H2. The van der Waals surface area contributed by atoms with E-state index in [2.05, 4.69) is 0 Å². The zero-order chi connectivity index (χ0) is 8.55. The van der Waals surface area contributed by atoms with Crippen LogP contribution in [-0.2, 0) is 4.74 Å². The van der Waals surface area contributed by atoms with Crippen molar-refractivity contribution < 1.29 is 14.9 Å². The molecule has 2 N–H and O–H groups in total. The summed E-state index contributed by atoms with van der Waals surface area (Å²) in [6.07, 6.45) is 3.54. The first-order valence-corrected chi connectivity index (χ1v) is 4.74. The first-order chi connectivity index (χ1) is 5.86. The van der Waals surface area contributed by atoms with Gasteiger partial charge >= 0.3 is 0 Å². The van der Waals surface area contributed by atoms with Gasteiger partial charge in [-0.1, -0.05) is 6.42 Å². The first kappa shape index (κ1) is 8.48. The molecule has 3 heteroatoms. The summed E-state index contributed by atoms with van der Waals surface area (Å²) in [6, 6.07) is 0. The molecule has 70 valence electrons. The Morgan fingerprint density at radius 1 is 1.00 bits per heavy atom. The third kappa shape index (κ3) is 1.16. The fraction of sp³-hybridized carbons (Fsp3) is 1.00. The Hall–Kier alpha value is -0.120. The van der Waals surface area contributed by atoms with Crippen molar-refractivity contribution in [1.82, 2.24) is 0 Å². The molecule has 1 aliphatic heterocycles. The summed E-state index contributed by atoms with van der Waals surface area (Å²) in [5, 5.41) is 18.0. The summed E-state index contributed by atoms with van der Waals surface area (Å²) in [6.45, 7) is 0.218. The molecule has 0 aromatic rings. The van der Waals surface area contributed by atoms with Crippen molar-refractivity contribution in [1.29, 1.82) is 0 Å². The van der Waals surface area contributed by atoms with E-state index in [9.17, 15) is 0 Å². The van der Waals surface area contributed by atoms with Crippen molar-refractivity contribution in [3.63, 3.8) is 0 Å². The number of rotatable bonds is 2. The lowest BCUT2D eigenvalue weighted by atomic mass is 9.91. The topological polar surface area (TPSA) is 49.7 Å². The van der Waals surface area contributed by atoms with Gasteiger partial charge in [-0.25, -0.2) is 0 Å². The van der Waals surface area contributed by atoms with Gasteiger partial charge in [0, 0.05) is 0 Å². The number of hydrogen-bond donors (Lipinski definition) is 2. The zero-order valence-corrected chi connectivity index (χ0v) is 7.15. The lowest BCUT2D eigenvalue weighted by Crippen LogP contribution is -2.21. The van der Waals surface area contributed by atoms with Crippen LogP contribution in [0.15, 0.2) is 0 Å². The molecule has 0 aromatic heterocycles. The van der Waals surface area contributed by atoms with Crippen molar-refractivity contribution in [2.24, 2.45) is 11.8 Å². The number of hydrogen-bond acceptors (Lipinski definition) is 3. The van der Waals surface area contributed by atoms with Crippen LogP contribution >= 0.6 is 0 Å². The van der Waals surface area contributed by atoms with Gasteiger partial charge in [-0.15, -0.1) is 0 Å². The highest BCUT2D eigenvalue weighted by Gasteiger charge is 2.45. The Kier molecular flexibility index (Phi) is 2.35. The zero-order valence-electron chi connectivity index (χ0n) is 7.15. The molecule has 0 aromatic carbocycles. The van der Waals surface area contributed by atoms with E-state index in [1.54, 1.807) is 0 Å². The molecule has 2 fully saturated rings. The average Bonchev–Trinajstić information content (AvgIpc) is 2.63. The summed E-state index contributed by atoms with van der Waals surface area (Å²) in [4.78, 5) is 0. The summed E-state index contributed by atoms with van der Waals surface area (Å²) in [5.74, 6) is 1.01. The van der Waals surface area contributed by atoms with E-state index in [-0.39, 0.29) is 25.4 Å². The summed E-state index contributed by atoms with van der Waals surface area (Å²) in [5.41, 5.74) is 0. The Labute approximate surface area is 72.3 Å². The van der Waals surface area contributed by atoms with Crippen LogP contribution in [-0.4, -0.2) is 35.6 Å². The van der Waals surface area contributed by atoms with E-state index in [1.807, 2.05) is 0 Å². The predicted octanol–water partition coefficient (Wildman–Crippen LogP) is 0.155. The monoisotopic (exact) mass is 172 g/mol. The molecule has 2 rings (SSSR count). The molecule has 3 nitrogen and oxygen atoms in total. The van der Waals surface area contributed by atoms with E-state index in [0.29, 0.717) is 11.8 Å². The lowest BCUT2D eigenvalue weighted by Gasteiger charge is -2.12. The predicted molar refractivity (Wildman–Crippen MR) is 43.7 cm³/mol. The molecule has 4 unspecified atom stereocenters. The molecule has 2 aliphatic rings. The van der Waals surface area contributed by atoms with Gasteiger partial charge in [-0.05, 0) is 24.7 Å². The quantitative estimate of drug-likeness (QED) is 0.623. The van der Waals surface area contributed by atoms with E-state index in [1.165, 1.54) is 6.42 Å². The van der Waals surface area contributed by atoms with Crippen molar-refractivity contribution in [3.05, 3.63) is 0 Å². The van der Waals surface area contributed by atoms with Gasteiger partial charge in [-0.3, -0.25) is 0 Å². The second-order valence-electron chi connectivity index (χ2n) is 3.84. The van der Waals surface area contributed by atoms with Gasteiger partial charge in [0.25, 0.3) is 0 Å². The maximum absolute atomic E-state index is 9.02. The summed E-state index contributed by atoms with van der Waals surface area (Å²) in [7, 11) is 0. The fourth-order valence-corrected chi connectivity index (χ4v) is 2.72. The van der Waals surface area contributed by atoms with Crippen LogP contribution in [0, 0.1) is 11.8 Å². The summed E-state index contributed by atoms with van der Waals surface area (Å²) >= 11 is 0. The van der Waals surface area contributed by atoms with Crippen molar-refractivity contribution in [3.8, 4) is 0 Å². The minimum atomic E-state index is -0.00495. The molecule has 1 saturated heterocycles. The summed E-state index contributed by atoms with van der Waals surface area (Å²) < 4.78 is 5.53. The van der Waals surface area contributed by atoms with Crippen LogP contribution in [0.4, 0.5) is 0 Å². The van der Waals surface area contributed by atoms with Gasteiger partial charge in [0.15, 0.2) is 0 Å². The molecular weight excluding hydrogens is 156 g/mol. The number of aliphatic hydroxyl groups is 2. The molecule has 1 aliphatic carbocycles. The van der Waals surface area contributed by atoms with Crippen LogP contribution in [0.3, 0.4) is 0 Å².